The summed E-state index contributed by atoms with van der Waals surface area (Å²) in [4.78, 5) is 15.1. The van der Waals surface area contributed by atoms with Gasteiger partial charge in [-0.1, -0.05) is 59.6 Å². The van der Waals surface area contributed by atoms with Gasteiger partial charge in [0.1, 0.15) is 12.4 Å². The number of rotatable bonds is 10. The fourth-order valence-corrected chi connectivity index (χ4v) is 5.78. The zero-order chi connectivity index (χ0) is 30.4. The number of thioether (sulfide) groups is 1. The molecular weight excluding hydrogens is 624 g/mol. The maximum atomic E-state index is 13.0. The van der Waals surface area contributed by atoms with E-state index < -0.39 is 11.7 Å². The van der Waals surface area contributed by atoms with E-state index in [2.05, 4.69) is 25.7 Å². The van der Waals surface area contributed by atoms with Gasteiger partial charge in [0.05, 0.1) is 32.7 Å². The molecule has 1 aromatic heterocycles. The topological polar surface area (TPSA) is 85.2 Å². The molecule has 3 aromatic carbocycles. The first-order valence-electron chi connectivity index (χ1n) is 13.5. The van der Waals surface area contributed by atoms with Crippen molar-refractivity contribution in [3.05, 3.63) is 76.3 Å². The van der Waals surface area contributed by atoms with Crippen molar-refractivity contribution in [1.29, 1.82) is 0 Å². The molecule has 0 bridgehead atoms. The van der Waals surface area contributed by atoms with Gasteiger partial charge in [-0.05, 0) is 89.9 Å². The van der Waals surface area contributed by atoms with Crippen molar-refractivity contribution >= 4 is 46.6 Å². The Balaban J connectivity index is 1.14. The summed E-state index contributed by atoms with van der Waals surface area (Å²) in [7, 11) is 0. The highest BCUT2D eigenvalue weighted by Gasteiger charge is 2.31. The Morgan fingerprint density at radius 3 is 2.40 bits per heavy atom. The van der Waals surface area contributed by atoms with Gasteiger partial charge >= 0.3 is 6.18 Å². The number of halogens is 5. The van der Waals surface area contributed by atoms with Crippen LogP contribution in [-0.2, 0) is 11.0 Å². The van der Waals surface area contributed by atoms with Crippen molar-refractivity contribution in [2.24, 2.45) is 0 Å². The Morgan fingerprint density at radius 2 is 1.70 bits per heavy atom. The number of carbonyl (C=O) groups is 1. The normalized spacial score (nSPS) is 14.1. The number of nitrogens with one attached hydrogen (secondary N) is 1. The predicted octanol–water partition coefficient (Wildman–Crippen LogP) is 7.25. The summed E-state index contributed by atoms with van der Waals surface area (Å²) < 4.78 is 46.0. The van der Waals surface area contributed by atoms with Crippen LogP contribution in [-0.4, -0.2) is 63.0 Å². The van der Waals surface area contributed by atoms with Crippen LogP contribution in [0.4, 0.5) is 18.9 Å². The summed E-state index contributed by atoms with van der Waals surface area (Å²) >= 11 is 13.5. The zero-order valence-electron chi connectivity index (χ0n) is 22.8. The highest BCUT2D eigenvalue weighted by Crippen LogP contribution is 2.34. The Hall–Kier alpha value is -3.32. The van der Waals surface area contributed by atoms with Gasteiger partial charge in [0.25, 0.3) is 0 Å². The van der Waals surface area contributed by atoms with Crippen molar-refractivity contribution in [2.45, 2.75) is 30.6 Å². The average molecular weight is 652 g/mol. The highest BCUT2D eigenvalue weighted by atomic mass is 35.5. The van der Waals surface area contributed by atoms with Gasteiger partial charge in [0, 0.05) is 6.54 Å². The van der Waals surface area contributed by atoms with Gasteiger partial charge < -0.3 is 10.1 Å². The third kappa shape index (κ3) is 8.20. The summed E-state index contributed by atoms with van der Waals surface area (Å²) in [5, 5.41) is 14.3. The minimum atomic E-state index is -4.54. The van der Waals surface area contributed by atoms with E-state index in [4.69, 9.17) is 27.9 Å². The number of nitrogens with zero attached hydrogens (tertiary/aromatic N) is 5. The molecule has 1 saturated heterocycles. The molecule has 1 aliphatic heterocycles. The van der Waals surface area contributed by atoms with Crippen LogP contribution in [0.25, 0.3) is 16.8 Å². The van der Waals surface area contributed by atoms with Crippen LogP contribution < -0.4 is 10.1 Å². The van der Waals surface area contributed by atoms with E-state index in [1.807, 2.05) is 30.3 Å². The number of anilines is 1. The first-order chi connectivity index (χ1) is 20.7. The van der Waals surface area contributed by atoms with Crippen LogP contribution in [0.15, 0.2) is 65.8 Å². The second-order valence-electron chi connectivity index (χ2n) is 9.84. The lowest BCUT2D eigenvalue weighted by Crippen LogP contribution is -2.33. The molecular formula is C29H27Cl2F3N6O2S. The van der Waals surface area contributed by atoms with E-state index in [-0.39, 0.29) is 27.5 Å². The third-order valence-corrected chi connectivity index (χ3v) is 8.37. The van der Waals surface area contributed by atoms with E-state index in [1.54, 1.807) is 12.1 Å². The molecule has 1 fully saturated rings. The molecule has 5 rings (SSSR count). The van der Waals surface area contributed by atoms with Crippen molar-refractivity contribution < 1.29 is 22.7 Å². The molecule has 0 spiro atoms. The van der Waals surface area contributed by atoms with Gasteiger partial charge in [0.15, 0.2) is 0 Å². The molecule has 1 aliphatic rings. The fourth-order valence-electron chi connectivity index (χ4n) is 4.61. The van der Waals surface area contributed by atoms with Gasteiger partial charge in [0.2, 0.25) is 11.1 Å². The molecule has 8 nitrogen and oxygen atoms in total. The average Bonchev–Trinajstić information content (AvgIpc) is 3.46. The van der Waals surface area contributed by atoms with E-state index in [0.717, 1.165) is 60.4 Å². The van der Waals surface area contributed by atoms with Crippen LogP contribution in [0.5, 0.6) is 5.75 Å². The second kappa shape index (κ2) is 14.0. The smallest absolute Gasteiger partial charge is 0.416 e. The van der Waals surface area contributed by atoms with E-state index in [1.165, 1.54) is 30.0 Å². The molecule has 0 atom stereocenters. The van der Waals surface area contributed by atoms with Crippen molar-refractivity contribution in [1.82, 2.24) is 25.1 Å². The van der Waals surface area contributed by atoms with Crippen LogP contribution >= 0.6 is 35.0 Å². The minimum Gasteiger partial charge on any atom is -0.492 e. The van der Waals surface area contributed by atoms with Crippen molar-refractivity contribution in [3.63, 3.8) is 0 Å². The Labute approximate surface area is 260 Å². The number of piperidine rings is 1. The van der Waals surface area contributed by atoms with Crippen LogP contribution in [0, 0.1) is 0 Å². The lowest BCUT2D eigenvalue weighted by Gasteiger charge is -2.26. The summed E-state index contributed by atoms with van der Waals surface area (Å²) in [6.07, 6.45) is -0.718. The number of tetrazole rings is 1. The Morgan fingerprint density at radius 1 is 0.953 bits per heavy atom. The van der Waals surface area contributed by atoms with Gasteiger partial charge in [-0.3, -0.25) is 9.69 Å². The van der Waals surface area contributed by atoms with E-state index in [9.17, 15) is 18.0 Å². The molecule has 0 aliphatic carbocycles. The Kier molecular flexibility index (Phi) is 10.1. The summed E-state index contributed by atoms with van der Waals surface area (Å²) in [6.45, 7) is 3.85. The van der Waals surface area contributed by atoms with Crippen LogP contribution in [0.2, 0.25) is 10.0 Å². The summed E-state index contributed by atoms with van der Waals surface area (Å²) in [5.41, 5.74) is 1.52. The standard InChI is InChI=1S/C29H27Cl2F3N6O2S/c30-23-16-20(19-4-8-22(9-5-19)42-15-14-39-12-2-1-3-13-39)6-10-25(23)35-27(41)18-43-28-36-37-38-40(28)26-11-7-21(17-24(26)31)29(32,33)34/h4-11,16-17H,1-3,12-15,18H2,(H,35,41). The first-order valence-corrected chi connectivity index (χ1v) is 15.2. The SMILES string of the molecule is O=C(CSc1nnnn1-c1ccc(C(F)(F)F)cc1Cl)Nc1ccc(-c2ccc(OCCN3CCCCC3)cc2)cc1Cl. The molecule has 2 heterocycles. The lowest BCUT2D eigenvalue weighted by atomic mass is 10.1. The number of carbonyl (C=O) groups excluding carboxylic acids is 1. The number of aromatic nitrogens is 4. The molecule has 1 N–H and O–H groups in total. The Bertz CT molecular complexity index is 1560. The number of likely N-dealkylation sites (tertiary alicyclic amines) is 1. The van der Waals surface area contributed by atoms with Gasteiger partial charge in [-0.2, -0.15) is 17.9 Å². The minimum absolute atomic E-state index is 0.0874. The van der Waals surface area contributed by atoms with Crippen molar-refractivity contribution in [2.75, 3.05) is 37.3 Å². The van der Waals surface area contributed by atoms with Gasteiger partial charge in [-0.25, -0.2) is 0 Å². The fraction of sp³-hybridized carbons (Fsp3) is 0.310. The summed E-state index contributed by atoms with van der Waals surface area (Å²) in [6, 6.07) is 16.0. The second-order valence-corrected chi connectivity index (χ2v) is 11.6. The molecule has 4 aromatic rings. The van der Waals surface area contributed by atoms with E-state index in [0.29, 0.717) is 17.3 Å². The molecule has 0 unspecified atom stereocenters. The maximum absolute atomic E-state index is 13.0. The van der Waals surface area contributed by atoms with Crippen LogP contribution in [0.3, 0.4) is 0 Å². The first kappa shape index (κ1) is 31.1. The number of hydrogen-bond acceptors (Lipinski definition) is 7. The third-order valence-electron chi connectivity index (χ3n) is 6.83. The van der Waals surface area contributed by atoms with Gasteiger partial charge in [-0.15, -0.1) is 5.10 Å². The van der Waals surface area contributed by atoms with E-state index >= 15 is 0 Å². The lowest BCUT2D eigenvalue weighted by molar-refractivity contribution is -0.137. The molecule has 0 radical (unpaired) electrons. The number of benzene rings is 3. The zero-order valence-corrected chi connectivity index (χ0v) is 25.1. The number of ether oxygens (including phenoxy) is 1. The number of amides is 1. The summed E-state index contributed by atoms with van der Waals surface area (Å²) in [5.74, 6) is 0.342. The predicted molar refractivity (Wildman–Crippen MR) is 161 cm³/mol. The highest BCUT2D eigenvalue weighted by molar-refractivity contribution is 7.99. The molecule has 1 amide bonds. The monoisotopic (exact) mass is 650 g/mol. The quantitative estimate of drug-likeness (QED) is 0.181. The molecule has 0 saturated carbocycles. The molecule has 226 valence electrons. The van der Waals surface area contributed by atoms with Crippen molar-refractivity contribution in [3.8, 4) is 22.6 Å². The van der Waals surface area contributed by atoms with Crippen LogP contribution in [0.1, 0.15) is 24.8 Å². The largest absolute Gasteiger partial charge is 0.492 e. The number of hydrogen-bond donors (Lipinski definition) is 1. The molecule has 43 heavy (non-hydrogen) atoms. The number of alkyl halides is 3. The molecule has 14 heteroatoms. The maximum Gasteiger partial charge on any atom is 0.416 e.